The van der Waals surface area contributed by atoms with Crippen LogP contribution < -0.4 is 10.6 Å². The van der Waals surface area contributed by atoms with Crippen molar-refractivity contribution in [3.8, 4) is 0 Å². The number of rotatable bonds is 4. The summed E-state index contributed by atoms with van der Waals surface area (Å²) in [5, 5.41) is 5.28. The summed E-state index contributed by atoms with van der Waals surface area (Å²) < 4.78 is 0. The first-order valence-electron chi connectivity index (χ1n) is 6.17. The fourth-order valence-corrected chi connectivity index (χ4v) is 1.52. The first-order valence-corrected chi connectivity index (χ1v) is 6.17. The molecule has 0 spiro atoms. The van der Waals surface area contributed by atoms with Crippen LogP contribution in [0.15, 0.2) is 42.7 Å². The lowest BCUT2D eigenvalue weighted by Gasteiger charge is -2.06. The van der Waals surface area contributed by atoms with Crippen LogP contribution >= 0.6 is 0 Å². The number of anilines is 2. The fraction of sp³-hybridized carbons (Fsp3) is 0.143. The largest absolute Gasteiger partial charge is 0.326 e. The highest BCUT2D eigenvalue weighted by atomic mass is 16.2. The summed E-state index contributed by atoms with van der Waals surface area (Å²) in [7, 11) is 0. The minimum absolute atomic E-state index is 0.103. The van der Waals surface area contributed by atoms with Gasteiger partial charge in [-0.25, -0.2) is 9.97 Å². The molecule has 0 fully saturated rings. The lowest BCUT2D eigenvalue weighted by atomic mass is 10.2. The summed E-state index contributed by atoms with van der Waals surface area (Å²) >= 11 is 0. The van der Waals surface area contributed by atoms with Gasteiger partial charge in [0.25, 0.3) is 5.91 Å². The Balaban J connectivity index is 2.10. The summed E-state index contributed by atoms with van der Waals surface area (Å²) in [5.41, 5.74) is 1.00. The molecule has 102 valence electrons. The molecule has 0 bridgehead atoms. The van der Waals surface area contributed by atoms with Gasteiger partial charge in [0.2, 0.25) is 11.9 Å². The van der Waals surface area contributed by atoms with E-state index in [1.54, 1.807) is 49.6 Å². The standard InChI is InChI=1S/C14H14N4O2/c1-2-12(19)17-11-6-3-5-10(9-11)13(20)18-14-15-7-4-8-16-14/h3-9H,2H2,1H3,(H,17,19)(H,15,16,18,20). The van der Waals surface area contributed by atoms with Crippen LogP contribution in [0.3, 0.4) is 0 Å². The average Bonchev–Trinajstić information content (AvgIpc) is 2.48. The maximum atomic E-state index is 12.0. The molecule has 2 aromatic rings. The van der Waals surface area contributed by atoms with E-state index in [0.29, 0.717) is 17.7 Å². The summed E-state index contributed by atoms with van der Waals surface area (Å²) in [6.45, 7) is 1.76. The van der Waals surface area contributed by atoms with Gasteiger partial charge < -0.3 is 5.32 Å². The first kappa shape index (κ1) is 13.7. The van der Waals surface area contributed by atoms with Crippen LogP contribution in [-0.4, -0.2) is 21.8 Å². The molecule has 0 aliphatic rings. The van der Waals surface area contributed by atoms with Crippen molar-refractivity contribution < 1.29 is 9.59 Å². The van der Waals surface area contributed by atoms with Gasteiger partial charge in [-0.2, -0.15) is 0 Å². The fourth-order valence-electron chi connectivity index (χ4n) is 1.52. The Kier molecular flexibility index (Phi) is 4.39. The van der Waals surface area contributed by atoms with E-state index in [1.807, 2.05) is 0 Å². The third kappa shape index (κ3) is 3.61. The molecule has 1 aromatic carbocycles. The third-order valence-corrected chi connectivity index (χ3v) is 2.52. The normalized spacial score (nSPS) is 9.85. The molecular weight excluding hydrogens is 256 g/mol. The lowest BCUT2D eigenvalue weighted by molar-refractivity contribution is -0.115. The van der Waals surface area contributed by atoms with E-state index in [-0.39, 0.29) is 17.8 Å². The molecule has 2 amide bonds. The number of benzene rings is 1. The Hall–Kier alpha value is -2.76. The topological polar surface area (TPSA) is 84.0 Å². The van der Waals surface area contributed by atoms with Crippen molar-refractivity contribution in [2.24, 2.45) is 0 Å². The highest BCUT2D eigenvalue weighted by molar-refractivity contribution is 6.04. The number of nitrogens with one attached hydrogen (secondary N) is 2. The number of carbonyl (C=O) groups excluding carboxylic acids is 2. The van der Waals surface area contributed by atoms with Crippen LogP contribution in [0.5, 0.6) is 0 Å². The second-order valence-electron chi connectivity index (χ2n) is 4.01. The zero-order chi connectivity index (χ0) is 14.4. The van der Waals surface area contributed by atoms with Crippen LogP contribution in [0.1, 0.15) is 23.7 Å². The van der Waals surface area contributed by atoms with Gasteiger partial charge in [0.15, 0.2) is 0 Å². The number of amides is 2. The summed E-state index contributed by atoms with van der Waals surface area (Å²) in [5.74, 6) is -0.196. The van der Waals surface area contributed by atoms with Crippen LogP contribution in [0.4, 0.5) is 11.6 Å². The van der Waals surface area contributed by atoms with Crippen LogP contribution in [0.2, 0.25) is 0 Å². The van der Waals surface area contributed by atoms with Crippen LogP contribution in [0, 0.1) is 0 Å². The zero-order valence-corrected chi connectivity index (χ0v) is 11.0. The molecule has 0 saturated heterocycles. The van der Waals surface area contributed by atoms with E-state index in [2.05, 4.69) is 20.6 Å². The molecule has 2 N–H and O–H groups in total. The van der Waals surface area contributed by atoms with Crippen molar-refractivity contribution in [3.63, 3.8) is 0 Å². The summed E-state index contributed by atoms with van der Waals surface area (Å²) in [6.07, 6.45) is 3.47. The molecule has 2 rings (SSSR count). The molecule has 0 aliphatic heterocycles. The van der Waals surface area contributed by atoms with E-state index in [0.717, 1.165) is 0 Å². The second-order valence-corrected chi connectivity index (χ2v) is 4.01. The minimum Gasteiger partial charge on any atom is -0.326 e. The number of hydrogen-bond acceptors (Lipinski definition) is 4. The molecule has 0 atom stereocenters. The molecule has 6 heteroatoms. The average molecular weight is 270 g/mol. The van der Waals surface area contributed by atoms with E-state index in [4.69, 9.17) is 0 Å². The van der Waals surface area contributed by atoms with Crippen molar-refractivity contribution in [2.45, 2.75) is 13.3 Å². The van der Waals surface area contributed by atoms with Crippen molar-refractivity contribution >= 4 is 23.5 Å². The Bertz CT molecular complexity index is 614. The molecular formula is C14H14N4O2. The van der Waals surface area contributed by atoms with Crippen molar-refractivity contribution in [2.75, 3.05) is 10.6 Å². The predicted molar refractivity (Wildman–Crippen MR) is 75.3 cm³/mol. The molecule has 1 heterocycles. The number of aromatic nitrogens is 2. The quantitative estimate of drug-likeness (QED) is 0.890. The highest BCUT2D eigenvalue weighted by Crippen LogP contribution is 2.12. The van der Waals surface area contributed by atoms with Gasteiger partial charge in [-0.05, 0) is 24.3 Å². The number of hydrogen-bond donors (Lipinski definition) is 2. The Labute approximate surface area is 116 Å². The van der Waals surface area contributed by atoms with E-state index < -0.39 is 0 Å². The SMILES string of the molecule is CCC(=O)Nc1cccc(C(=O)Nc2ncccn2)c1. The first-order chi connectivity index (χ1) is 9.69. The Morgan fingerprint density at radius 3 is 2.55 bits per heavy atom. The van der Waals surface area contributed by atoms with Crippen LogP contribution in [0.25, 0.3) is 0 Å². The van der Waals surface area contributed by atoms with E-state index in [9.17, 15) is 9.59 Å². The van der Waals surface area contributed by atoms with Gasteiger partial charge >= 0.3 is 0 Å². The highest BCUT2D eigenvalue weighted by Gasteiger charge is 2.08. The third-order valence-electron chi connectivity index (χ3n) is 2.52. The monoisotopic (exact) mass is 270 g/mol. The van der Waals surface area contributed by atoms with Gasteiger partial charge in [0.05, 0.1) is 0 Å². The maximum absolute atomic E-state index is 12.0. The van der Waals surface area contributed by atoms with E-state index >= 15 is 0 Å². The Morgan fingerprint density at radius 2 is 1.85 bits per heavy atom. The van der Waals surface area contributed by atoms with Crippen molar-refractivity contribution in [1.29, 1.82) is 0 Å². The van der Waals surface area contributed by atoms with Gasteiger partial charge in [-0.1, -0.05) is 13.0 Å². The second kappa shape index (κ2) is 6.42. The molecule has 1 aromatic heterocycles. The van der Waals surface area contributed by atoms with Crippen molar-refractivity contribution in [1.82, 2.24) is 9.97 Å². The summed E-state index contributed by atoms with van der Waals surface area (Å²) in [4.78, 5) is 31.2. The molecule has 0 saturated carbocycles. The van der Waals surface area contributed by atoms with Gasteiger partial charge in [-0.15, -0.1) is 0 Å². The van der Waals surface area contributed by atoms with Gasteiger partial charge in [0, 0.05) is 30.1 Å². The van der Waals surface area contributed by atoms with Crippen LogP contribution in [-0.2, 0) is 4.79 Å². The molecule has 0 unspecified atom stereocenters. The smallest absolute Gasteiger partial charge is 0.258 e. The molecule has 6 nitrogen and oxygen atoms in total. The Morgan fingerprint density at radius 1 is 1.10 bits per heavy atom. The molecule has 0 radical (unpaired) electrons. The van der Waals surface area contributed by atoms with Crippen molar-refractivity contribution in [3.05, 3.63) is 48.3 Å². The van der Waals surface area contributed by atoms with E-state index in [1.165, 1.54) is 0 Å². The lowest BCUT2D eigenvalue weighted by Crippen LogP contribution is -2.15. The molecule has 20 heavy (non-hydrogen) atoms. The number of carbonyl (C=O) groups is 2. The number of nitrogens with zero attached hydrogens (tertiary/aromatic N) is 2. The van der Waals surface area contributed by atoms with Gasteiger partial charge in [0.1, 0.15) is 0 Å². The summed E-state index contributed by atoms with van der Waals surface area (Å²) in [6, 6.07) is 8.34. The zero-order valence-electron chi connectivity index (χ0n) is 11.0. The predicted octanol–water partition coefficient (Wildman–Crippen LogP) is 2.08. The minimum atomic E-state index is -0.330. The molecule has 0 aliphatic carbocycles. The van der Waals surface area contributed by atoms with Gasteiger partial charge in [-0.3, -0.25) is 14.9 Å². The maximum Gasteiger partial charge on any atom is 0.258 e.